The summed E-state index contributed by atoms with van der Waals surface area (Å²) in [4.78, 5) is 0. The number of hydrogen-bond donors (Lipinski definition) is 1. The SMILES string of the molecule is CCCNCc1ccc(F)c(-c2cc(Cl)cc(Cl)c2)c1. The molecule has 0 heterocycles. The third kappa shape index (κ3) is 3.95. The van der Waals surface area contributed by atoms with Crippen LogP contribution in [0, 0.1) is 5.82 Å². The highest BCUT2D eigenvalue weighted by molar-refractivity contribution is 6.35. The van der Waals surface area contributed by atoms with Crippen molar-refractivity contribution in [1.29, 1.82) is 0 Å². The lowest BCUT2D eigenvalue weighted by Gasteiger charge is -2.09. The standard InChI is InChI=1S/C16H16Cl2FN/c1-2-5-20-10-11-3-4-16(19)15(6-11)12-7-13(17)9-14(18)8-12/h3-4,6-9,20H,2,5,10H2,1H3. The summed E-state index contributed by atoms with van der Waals surface area (Å²) in [6, 6.07) is 10.2. The Morgan fingerprint density at radius 2 is 1.75 bits per heavy atom. The van der Waals surface area contributed by atoms with Gasteiger partial charge in [0.2, 0.25) is 0 Å². The normalized spacial score (nSPS) is 10.8. The summed E-state index contributed by atoms with van der Waals surface area (Å²) in [5.41, 5.74) is 2.24. The minimum Gasteiger partial charge on any atom is -0.313 e. The van der Waals surface area contributed by atoms with Crippen LogP contribution in [0.25, 0.3) is 11.1 Å². The lowest BCUT2D eigenvalue weighted by molar-refractivity contribution is 0.628. The van der Waals surface area contributed by atoms with Gasteiger partial charge in [-0.3, -0.25) is 0 Å². The van der Waals surface area contributed by atoms with E-state index in [1.165, 1.54) is 6.07 Å². The number of benzene rings is 2. The Morgan fingerprint density at radius 1 is 1.05 bits per heavy atom. The highest BCUT2D eigenvalue weighted by Crippen LogP contribution is 2.29. The van der Waals surface area contributed by atoms with Crippen LogP contribution in [-0.4, -0.2) is 6.54 Å². The summed E-state index contributed by atoms with van der Waals surface area (Å²) in [7, 11) is 0. The molecule has 0 radical (unpaired) electrons. The van der Waals surface area contributed by atoms with Gasteiger partial charge in [0.1, 0.15) is 5.82 Å². The third-order valence-electron chi connectivity index (χ3n) is 2.96. The van der Waals surface area contributed by atoms with Crippen LogP contribution in [0.5, 0.6) is 0 Å². The fourth-order valence-electron chi connectivity index (χ4n) is 2.02. The van der Waals surface area contributed by atoms with Crippen molar-refractivity contribution in [2.75, 3.05) is 6.54 Å². The molecule has 2 rings (SSSR count). The minimum atomic E-state index is -0.275. The molecule has 0 aliphatic rings. The van der Waals surface area contributed by atoms with E-state index in [9.17, 15) is 4.39 Å². The highest BCUT2D eigenvalue weighted by atomic mass is 35.5. The van der Waals surface area contributed by atoms with Gasteiger partial charge in [0.15, 0.2) is 0 Å². The zero-order valence-corrected chi connectivity index (χ0v) is 12.7. The van der Waals surface area contributed by atoms with Crippen molar-refractivity contribution < 1.29 is 4.39 Å². The molecule has 0 unspecified atom stereocenters. The number of hydrogen-bond acceptors (Lipinski definition) is 1. The Labute approximate surface area is 128 Å². The maximum Gasteiger partial charge on any atom is 0.131 e. The van der Waals surface area contributed by atoms with E-state index in [1.54, 1.807) is 24.3 Å². The molecule has 4 heteroatoms. The molecule has 0 saturated heterocycles. The van der Waals surface area contributed by atoms with Crippen molar-refractivity contribution in [2.24, 2.45) is 0 Å². The molecule has 0 atom stereocenters. The van der Waals surface area contributed by atoms with Crippen LogP contribution in [0.3, 0.4) is 0 Å². The van der Waals surface area contributed by atoms with Gasteiger partial charge in [-0.05, 0) is 54.4 Å². The molecule has 0 fully saturated rings. The Morgan fingerprint density at radius 3 is 2.40 bits per heavy atom. The predicted molar refractivity (Wildman–Crippen MR) is 83.9 cm³/mol. The Balaban J connectivity index is 2.32. The third-order valence-corrected chi connectivity index (χ3v) is 3.40. The first-order valence-electron chi connectivity index (χ1n) is 6.55. The fourth-order valence-corrected chi connectivity index (χ4v) is 2.55. The summed E-state index contributed by atoms with van der Waals surface area (Å²) in [5.74, 6) is -0.275. The molecule has 0 amide bonds. The van der Waals surface area contributed by atoms with Crippen molar-refractivity contribution >= 4 is 23.2 Å². The van der Waals surface area contributed by atoms with Crippen LogP contribution >= 0.6 is 23.2 Å². The molecule has 1 N–H and O–H groups in total. The second-order valence-corrected chi connectivity index (χ2v) is 5.52. The average molecular weight is 312 g/mol. The molecule has 0 aromatic heterocycles. The van der Waals surface area contributed by atoms with Gasteiger partial charge in [0, 0.05) is 22.2 Å². The van der Waals surface area contributed by atoms with Gasteiger partial charge in [-0.15, -0.1) is 0 Å². The molecule has 20 heavy (non-hydrogen) atoms. The van der Waals surface area contributed by atoms with Crippen LogP contribution in [0.2, 0.25) is 10.0 Å². The monoisotopic (exact) mass is 311 g/mol. The molecule has 2 aromatic carbocycles. The van der Waals surface area contributed by atoms with Crippen LogP contribution in [0.1, 0.15) is 18.9 Å². The Hall–Kier alpha value is -1.09. The van der Waals surface area contributed by atoms with Crippen molar-refractivity contribution in [2.45, 2.75) is 19.9 Å². The van der Waals surface area contributed by atoms with E-state index < -0.39 is 0 Å². The lowest BCUT2D eigenvalue weighted by atomic mass is 10.0. The number of halogens is 3. The van der Waals surface area contributed by atoms with E-state index >= 15 is 0 Å². The van der Waals surface area contributed by atoms with E-state index in [-0.39, 0.29) is 5.82 Å². The van der Waals surface area contributed by atoms with Crippen LogP contribution in [-0.2, 0) is 6.54 Å². The first kappa shape index (κ1) is 15.3. The molecule has 0 aliphatic carbocycles. The maximum atomic E-state index is 14.0. The van der Waals surface area contributed by atoms with Crippen molar-refractivity contribution in [3.8, 4) is 11.1 Å². The average Bonchev–Trinajstić information content (AvgIpc) is 2.40. The summed E-state index contributed by atoms with van der Waals surface area (Å²) < 4.78 is 14.0. The largest absolute Gasteiger partial charge is 0.313 e. The van der Waals surface area contributed by atoms with Gasteiger partial charge in [-0.1, -0.05) is 36.2 Å². The zero-order valence-electron chi connectivity index (χ0n) is 11.2. The molecule has 1 nitrogen and oxygen atoms in total. The van der Waals surface area contributed by atoms with Crippen LogP contribution in [0.4, 0.5) is 4.39 Å². The summed E-state index contributed by atoms with van der Waals surface area (Å²) >= 11 is 12.0. The maximum absolute atomic E-state index is 14.0. The quantitative estimate of drug-likeness (QED) is 0.739. The molecule has 106 valence electrons. The highest BCUT2D eigenvalue weighted by Gasteiger charge is 2.08. The first-order chi connectivity index (χ1) is 9.60. The Bertz CT molecular complexity index is 579. The van der Waals surface area contributed by atoms with Crippen molar-refractivity contribution in [3.63, 3.8) is 0 Å². The van der Waals surface area contributed by atoms with Crippen molar-refractivity contribution in [1.82, 2.24) is 5.32 Å². The molecular formula is C16H16Cl2FN. The number of nitrogens with one attached hydrogen (secondary N) is 1. The minimum absolute atomic E-state index is 0.275. The van der Waals surface area contributed by atoms with E-state index in [0.717, 1.165) is 25.1 Å². The first-order valence-corrected chi connectivity index (χ1v) is 7.31. The fraction of sp³-hybridized carbons (Fsp3) is 0.250. The summed E-state index contributed by atoms with van der Waals surface area (Å²) in [6.07, 6.45) is 1.07. The number of rotatable bonds is 5. The molecule has 0 saturated carbocycles. The van der Waals surface area contributed by atoms with E-state index in [0.29, 0.717) is 21.2 Å². The lowest BCUT2D eigenvalue weighted by Crippen LogP contribution is -2.13. The van der Waals surface area contributed by atoms with E-state index in [2.05, 4.69) is 12.2 Å². The molecular weight excluding hydrogens is 296 g/mol. The van der Waals surface area contributed by atoms with Crippen LogP contribution in [0.15, 0.2) is 36.4 Å². The summed E-state index contributed by atoms with van der Waals surface area (Å²) in [5, 5.41) is 4.30. The second kappa shape index (κ2) is 7.07. The van der Waals surface area contributed by atoms with Gasteiger partial charge >= 0.3 is 0 Å². The van der Waals surface area contributed by atoms with Gasteiger partial charge in [-0.2, -0.15) is 0 Å². The summed E-state index contributed by atoms with van der Waals surface area (Å²) in [6.45, 7) is 3.77. The second-order valence-electron chi connectivity index (χ2n) is 4.65. The van der Waals surface area contributed by atoms with Crippen LogP contribution < -0.4 is 5.32 Å². The predicted octanol–water partition coefficient (Wildman–Crippen LogP) is 5.30. The molecule has 0 spiro atoms. The van der Waals surface area contributed by atoms with E-state index in [4.69, 9.17) is 23.2 Å². The van der Waals surface area contributed by atoms with E-state index in [1.807, 2.05) is 6.07 Å². The zero-order chi connectivity index (χ0) is 14.5. The van der Waals surface area contributed by atoms with Crippen molar-refractivity contribution in [3.05, 3.63) is 57.8 Å². The van der Waals surface area contributed by atoms with Gasteiger partial charge in [0.25, 0.3) is 0 Å². The molecule has 0 aliphatic heterocycles. The topological polar surface area (TPSA) is 12.0 Å². The Kier molecular flexibility index (Phi) is 5.41. The molecule has 2 aromatic rings. The molecule has 0 bridgehead atoms. The smallest absolute Gasteiger partial charge is 0.131 e. The van der Waals surface area contributed by atoms with Gasteiger partial charge < -0.3 is 5.32 Å². The van der Waals surface area contributed by atoms with Gasteiger partial charge in [-0.25, -0.2) is 4.39 Å². The van der Waals surface area contributed by atoms with Gasteiger partial charge in [0.05, 0.1) is 0 Å².